The number of nitrogens with one attached hydrogen (secondary N) is 1. The van der Waals surface area contributed by atoms with Crippen molar-refractivity contribution < 1.29 is 4.79 Å². The lowest BCUT2D eigenvalue weighted by molar-refractivity contribution is 0.101. The molecule has 4 aromatic rings. The van der Waals surface area contributed by atoms with Gasteiger partial charge in [0.1, 0.15) is 0 Å². The second-order valence-corrected chi connectivity index (χ2v) is 7.24. The average molecular weight is 402 g/mol. The fraction of sp³-hybridized carbons (Fsp3) is 0.0909. The van der Waals surface area contributed by atoms with Crippen molar-refractivity contribution in [1.82, 2.24) is 14.5 Å². The van der Waals surface area contributed by atoms with Crippen molar-refractivity contribution in [1.29, 1.82) is 0 Å². The Hall–Kier alpha value is -3.58. The van der Waals surface area contributed by atoms with Gasteiger partial charge in [-0.2, -0.15) is 11.3 Å². The van der Waals surface area contributed by atoms with E-state index >= 15 is 0 Å². The number of ketones is 1. The summed E-state index contributed by atoms with van der Waals surface area (Å²) >= 11 is 1.64. The summed E-state index contributed by atoms with van der Waals surface area (Å²) in [5.41, 5.74) is 3.93. The molecule has 0 bridgehead atoms. The van der Waals surface area contributed by atoms with Crippen molar-refractivity contribution in [2.24, 2.45) is 7.05 Å². The lowest BCUT2D eigenvalue weighted by Gasteiger charge is -2.11. The fourth-order valence-corrected chi connectivity index (χ4v) is 3.57. The highest BCUT2D eigenvalue weighted by Gasteiger charge is 2.11. The van der Waals surface area contributed by atoms with Gasteiger partial charge in [0.2, 0.25) is 5.95 Å². The van der Waals surface area contributed by atoms with Crippen LogP contribution < -0.4 is 10.9 Å². The molecule has 4 rings (SSSR count). The van der Waals surface area contributed by atoms with Crippen molar-refractivity contribution in [2.75, 3.05) is 11.9 Å². The smallest absolute Gasteiger partial charge is 0.255 e. The van der Waals surface area contributed by atoms with E-state index in [1.54, 1.807) is 42.9 Å². The number of hydrogen-bond donors (Lipinski definition) is 1. The van der Waals surface area contributed by atoms with E-state index < -0.39 is 0 Å². The molecule has 3 aromatic heterocycles. The Balaban J connectivity index is 1.50. The zero-order valence-corrected chi connectivity index (χ0v) is 16.5. The van der Waals surface area contributed by atoms with Gasteiger partial charge in [-0.3, -0.25) is 19.1 Å². The quantitative estimate of drug-likeness (QED) is 0.496. The summed E-state index contributed by atoms with van der Waals surface area (Å²) in [5.74, 6) is 0.262. The molecule has 1 aromatic carbocycles. The highest BCUT2D eigenvalue weighted by Crippen LogP contribution is 2.22. The molecule has 1 N–H and O–H groups in total. The molecule has 0 saturated heterocycles. The number of aromatic nitrogens is 3. The minimum atomic E-state index is -0.207. The number of pyridine rings is 1. The third-order valence-electron chi connectivity index (χ3n) is 4.58. The predicted octanol–water partition coefficient (Wildman–Crippen LogP) is 3.87. The van der Waals surface area contributed by atoms with E-state index in [1.807, 2.05) is 35.7 Å². The van der Waals surface area contributed by atoms with Gasteiger partial charge in [-0.25, -0.2) is 4.98 Å². The first kappa shape index (κ1) is 18.8. The Labute approximate surface area is 171 Å². The van der Waals surface area contributed by atoms with Gasteiger partial charge in [-0.05, 0) is 40.1 Å². The lowest BCUT2D eigenvalue weighted by Crippen LogP contribution is -2.24. The zero-order valence-electron chi connectivity index (χ0n) is 15.7. The van der Waals surface area contributed by atoms with E-state index in [4.69, 9.17) is 0 Å². The van der Waals surface area contributed by atoms with Crippen LogP contribution in [0.15, 0.2) is 76.5 Å². The van der Waals surface area contributed by atoms with Crippen LogP contribution in [0.25, 0.3) is 22.4 Å². The molecule has 0 fully saturated rings. The van der Waals surface area contributed by atoms with Crippen LogP contribution in [0.1, 0.15) is 10.4 Å². The van der Waals surface area contributed by atoms with Gasteiger partial charge in [-0.1, -0.05) is 24.3 Å². The van der Waals surface area contributed by atoms with Crippen molar-refractivity contribution >= 4 is 23.1 Å². The van der Waals surface area contributed by atoms with E-state index in [0.29, 0.717) is 17.2 Å². The molecular formula is C22H18N4O2S. The summed E-state index contributed by atoms with van der Waals surface area (Å²) in [6.07, 6.45) is 3.29. The molecule has 144 valence electrons. The highest BCUT2D eigenvalue weighted by atomic mass is 32.1. The topological polar surface area (TPSA) is 76.9 Å². The van der Waals surface area contributed by atoms with E-state index in [1.165, 1.54) is 10.6 Å². The molecule has 0 atom stereocenters. The first-order chi connectivity index (χ1) is 14.1. The van der Waals surface area contributed by atoms with E-state index in [9.17, 15) is 9.59 Å². The van der Waals surface area contributed by atoms with Crippen molar-refractivity contribution in [2.45, 2.75) is 0 Å². The molecule has 0 aliphatic carbocycles. The Kier molecular flexibility index (Phi) is 5.31. The molecule has 3 heterocycles. The number of nitrogens with zero attached hydrogens (tertiary/aromatic N) is 3. The molecule has 0 aliphatic rings. The van der Waals surface area contributed by atoms with Crippen LogP contribution in [0.2, 0.25) is 0 Å². The molecule has 0 radical (unpaired) electrons. The first-order valence-corrected chi connectivity index (χ1v) is 9.94. The standard InChI is InChI=1S/C22H18N4O2S/c1-26-21(28)12-19(16-6-9-23-10-7-16)25-22(26)24-13-20(27)17-4-2-15(3-5-17)18-8-11-29-14-18/h2-12,14H,13H2,1H3,(H,24,25). The molecule has 0 aliphatic heterocycles. The Morgan fingerprint density at radius 2 is 1.79 bits per heavy atom. The van der Waals surface area contributed by atoms with Crippen LogP contribution in [-0.2, 0) is 7.05 Å². The SMILES string of the molecule is Cn1c(NCC(=O)c2ccc(-c3ccsc3)cc2)nc(-c2ccncc2)cc1=O. The molecule has 0 saturated carbocycles. The maximum absolute atomic E-state index is 12.6. The van der Waals surface area contributed by atoms with Gasteiger partial charge in [0.15, 0.2) is 5.78 Å². The number of rotatable bonds is 6. The minimum Gasteiger partial charge on any atom is -0.348 e. The molecule has 0 unspecified atom stereocenters. The van der Waals surface area contributed by atoms with Crippen LogP contribution in [0.3, 0.4) is 0 Å². The second kappa shape index (κ2) is 8.20. The Bertz CT molecular complexity index is 1180. The predicted molar refractivity (Wildman–Crippen MR) is 115 cm³/mol. The second-order valence-electron chi connectivity index (χ2n) is 6.46. The van der Waals surface area contributed by atoms with Crippen molar-refractivity contribution in [3.63, 3.8) is 0 Å². The maximum Gasteiger partial charge on any atom is 0.255 e. The minimum absolute atomic E-state index is 0.0396. The van der Waals surface area contributed by atoms with E-state index in [0.717, 1.165) is 16.7 Å². The summed E-state index contributed by atoms with van der Waals surface area (Å²) in [7, 11) is 1.62. The van der Waals surface area contributed by atoms with Gasteiger partial charge in [0, 0.05) is 36.6 Å². The van der Waals surface area contributed by atoms with Crippen LogP contribution in [0.4, 0.5) is 5.95 Å². The van der Waals surface area contributed by atoms with Gasteiger partial charge in [0.05, 0.1) is 12.2 Å². The number of carbonyl (C=O) groups excluding carboxylic acids is 1. The number of carbonyl (C=O) groups is 1. The summed E-state index contributed by atoms with van der Waals surface area (Å²) in [4.78, 5) is 33.3. The van der Waals surface area contributed by atoms with Crippen LogP contribution >= 0.6 is 11.3 Å². The van der Waals surface area contributed by atoms with Crippen molar-refractivity contribution in [3.8, 4) is 22.4 Å². The largest absolute Gasteiger partial charge is 0.348 e. The maximum atomic E-state index is 12.6. The molecule has 0 spiro atoms. The number of benzene rings is 1. The Morgan fingerprint density at radius 1 is 1.03 bits per heavy atom. The molecule has 0 amide bonds. The summed E-state index contributed by atoms with van der Waals surface area (Å²) in [6.45, 7) is 0.0396. The molecule has 29 heavy (non-hydrogen) atoms. The first-order valence-electron chi connectivity index (χ1n) is 9.00. The fourth-order valence-electron chi connectivity index (χ4n) is 2.91. The number of hydrogen-bond acceptors (Lipinski definition) is 6. The zero-order chi connectivity index (χ0) is 20.2. The van der Waals surface area contributed by atoms with Crippen molar-refractivity contribution in [3.05, 3.63) is 87.6 Å². The summed E-state index contributed by atoms with van der Waals surface area (Å²) in [6, 6.07) is 14.6. The lowest BCUT2D eigenvalue weighted by atomic mass is 10.0. The molecular weight excluding hydrogens is 384 g/mol. The third-order valence-corrected chi connectivity index (χ3v) is 5.26. The number of thiophene rings is 1. The summed E-state index contributed by atoms with van der Waals surface area (Å²) < 4.78 is 1.39. The van der Waals surface area contributed by atoms with E-state index in [-0.39, 0.29) is 17.9 Å². The summed E-state index contributed by atoms with van der Waals surface area (Å²) in [5, 5.41) is 7.09. The average Bonchev–Trinajstić information content (AvgIpc) is 3.30. The Morgan fingerprint density at radius 3 is 2.48 bits per heavy atom. The number of Topliss-reactive ketones (excluding diaryl/α,β-unsaturated/α-hetero) is 1. The van der Waals surface area contributed by atoms with Crippen LogP contribution in [0, 0.1) is 0 Å². The van der Waals surface area contributed by atoms with Gasteiger partial charge in [0.25, 0.3) is 5.56 Å². The van der Waals surface area contributed by atoms with E-state index in [2.05, 4.69) is 20.7 Å². The van der Waals surface area contributed by atoms with Crippen LogP contribution in [0.5, 0.6) is 0 Å². The monoisotopic (exact) mass is 402 g/mol. The third kappa shape index (κ3) is 4.14. The van der Waals surface area contributed by atoms with Gasteiger partial charge >= 0.3 is 0 Å². The number of anilines is 1. The van der Waals surface area contributed by atoms with Gasteiger partial charge < -0.3 is 5.32 Å². The van der Waals surface area contributed by atoms with Gasteiger partial charge in [-0.15, -0.1) is 0 Å². The highest BCUT2D eigenvalue weighted by molar-refractivity contribution is 7.08. The molecule has 7 heteroatoms. The normalized spacial score (nSPS) is 10.7. The van der Waals surface area contributed by atoms with Crippen LogP contribution in [-0.4, -0.2) is 26.9 Å². The molecule has 6 nitrogen and oxygen atoms in total.